The van der Waals surface area contributed by atoms with Crippen LogP contribution < -0.4 is 9.64 Å². The Bertz CT molecular complexity index is 1030. The molecule has 1 aliphatic heterocycles. The van der Waals surface area contributed by atoms with Crippen LogP contribution in [0.5, 0.6) is 5.75 Å². The molecule has 0 amide bonds. The van der Waals surface area contributed by atoms with Gasteiger partial charge in [-0.25, -0.2) is 9.78 Å². The van der Waals surface area contributed by atoms with Crippen molar-refractivity contribution in [1.82, 2.24) is 9.88 Å². The van der Waals surface area contributed by atoms with Crippen molar-refractivity contribution in [3.8, 4) is 5.75 Å². The number of hydrogen-bond acceptors (Lipinski definition) is 5. The number of nitrogens with zero attached hydrogens (tertiary/aromatic N) is 3. The first-order valence-electron chi connectivity index (χ1n) is 10.5. The Hall–Kier alpha value is -3.38. The summed E-state index contributed by atoms with van der Waals surface area (Å²) in [5.41, 5.74) is 3.93. The smallest absolute Gasteiger partial charge is 0.339 e. The van der Waals surface area contributed by atoms with E-state index >= 15 is 0 Å². The molecule has 1 saturated heterocycles. The SMILES string of the molecule is Cc1ccccc1COc1ccc(CN2CCN(c3ncccc3C(=O)O)CC2)cc1. The number of benzene rings is 2. The zero-order valence-electron chi connectivity index (χ0n) is 17.7. The molecule has 0 atom stereocenters. The van der Waals surface area contributed by atoms with E-state index in [-0.39, 0.29) is 5.56 Å². The highest BCUT2D eigenvalue weighted by Gasteiger charge is 2.22. The van der Waals surface area contributed by atoms with E-state index in [1.807, 2.05) is 24.3 Å². The second-order valence-corrected chi connectivity index (χ2v) is 7.80. The molecule has 1 aliphatic rings. The van der Waals surface area contributed by atoms with Gasteiger partial charge in [0.1, 0.15) is 23.7 Å². The molecule has 31 heavy (non-hydrogen) atoms. The van der Waals surface area contributed by atoms with Gasteiger partial charge in [-0.1, -0.05) is 36.4 Å². The van der Waals surface area contributed by atoms with E-state index in [1.54, 1.807) is 18.3 Å². The van der Waals surface area contributed by atoms with Crippen molar-refractivity contribution < 1.29 is 14.6 Å². The van der Waals surface area contributed by atoms with Crippen LogP contribution in [0.2, 0.25) is 0 Å². The summed E-state index contributed by atoms with van der Waals surface area (Å²) in [6, 6.07) is 19.8. The number of anilines is 1. The number of carboxylic acid groups (broad SMARTS) is 1. The number of carboxylic acids is 1. The molecule has 1 fully saturated rings. The lowest BCUT2D eigenvalue weighted by molar-refractivity contribution is 0.0697. The van der Waals surface area contributed by atoms with E-state index in [1.165, 1.54) is 16.7 Å². The zero-order chi connectivity index (χ0) is 21.6. The molecule has 0 aliphatic carbocycles. The van der Waals surface area contributed by atoms with Crippen molar-refractivity contribution in [1.29, 1.82) is 0 Å². The van der Waals surface area contributed by atoms with Crippen LogP contribution in [0.1, 0.15) is 27.0 Å². The quantitative estimate of drug-likeness (QED) is 0.627. The molecule has 1 aromatic heterocycles. The molecule has 0 spiro atoms. The lowest BCUT2D eigenvalue weighted by atomic mass is 10.1. The van der Waals surface area contributed by atoms with Gasteiger partial charge in [-0.3, -0.25) is 4.90 Å². The average Bonchev–Trinajstić information content (AvgIpc) is 2.80. The van der Waals surface area contributed by atoms with Gasteiger partial charge in [0, 0.05) is 38.9 Å². The van der Waals surface area contributed by atoms with Crippen LogP contribution in [0.15, 0.2) is 66.9 Å². The predicted octanol–water partition coefficient (Wildman–Crippen LogP) is 3.99. The molecule has 0 saturated carbocycles. The summed E-state index contributed by atoms with van der Waals surface area (Å²) in [4.78, 5) is 20.2. The number of carbonyl (C=O) groups is 1. The summed E-state index contributed by atoms with van der Waals surface area (Å²) >= 11 is 0. The van der Waals surface area contributed by atoms with Crippen LogP contribution in [0, 0.1) is 6.92 Å². The maximum atomic E-state index is 11.5. The van der Waals surface area contributed by atoms with E-state index in [9.17, 15) is 9.90 Å². The van der Waals surface area contributed by atoms with E-state index in [4.69, 9.17) is 4.74 Å². The van der Waals surface area contributed by atoms with E-state index < -0.39 is 5.97 Å². The van der Waals surface area contributed by atoms with Crippen LogP contribution in [0.4, 0.5) is 5.82 Å². The van der Waals surface area contributed by atoms with Crippen molar-refractivity contribution in [3.63, 3.8) is 0 Å². The number of ether oxygens (including phenoxy) is 1. The maximum absolute atomic E-state index is 11.5. The van der Waals surface area contributed by atoms with Gasteiger partial charge < -0.3 is 14.7 Å². The summed E-state index contributed by atoms with van der Waals surface area (Å²) in [6.45, 7) is 6.77. The molecule has 0 bridgehead atoms. The summed E-state index contributed by atoms with van der Waals surface area (Å²) in [6.07, 6.45) is 1.65. The summed E-state index contributed by atoms with van der Waals surface area (Å²) in [7, 11) is 0. The second-order valence-electron chi connectivity index (χ2n) is 7.80. The monoisotopic (exact) mass is 417 g/mol. The predicted molar refractivity (Wildman–Crippen MR) is 121 cm³/mol. The lowest BCUT2D eigenvalue weighted by Gasteiger charge is -2.35. The number of aromatic carboxylic acids is 1. The highest BCUT2D eigenvalue weighted by molar-refractivity contribution is 5.93. The Morgan fingerprint density at radius 3 is 2.45 bits per heavy atom. The Labute approximate surface area is 182 Å². The Kier molecular flexibility index (Phi) is 6.48. The van der Waals surface area contributed by atoms with Crippen molar-refractivity contribution >= 4 is 11.8 Å². The highest BCUT2D eigenvalue weighted by atomic mass is 16.5. The van der Waals surface area contributed by atoms with Crippen molar-refractivity contribution in [2.24, 2.45) is 0 Å². The van der Waals surface area contributed by atoms with E-state index in [0.717, 1.165) is 38.5 Å². The van der Waals surface area contributed by atoms with Crippen molar-refractivity contribution in [2.45, 2.75) is 20.1 Å². The fourth-order valence-electron chi connectivity index (χ4n) is 3.82. The third kappa shape index (κ3) is 5.22. The Morgan fingerprint density at radius 2 is 1.74 bits per heavy atom. The molecule has 160 valence electrons. The Balaban J connectivity index is 1.29. The molecule has 0 unspecified atom stereocenters. The molecule has 2 heterocycles. The molecule has 0 radical (unpaired) electrons. The van der Waals surface area contributed by atoms with Crippen LogP contribution in [-0.2, 0) is 13.2 Å². The van der Waals surface area contributed by atoms with Gasteiger partial charge in [-0.2, -0.15) is 0 Å². The second kappa shape index (κ2) is 9.62. The first-order valence-corrected chi connectivity index (χ1v) is 10.5. The van der Waals surface area contributed by atoms with Gasteiger partial charge in [-0.05, 0) is 47.9 Å². The first kappa shape index (κ1) is 20.9. The fraction of sp³-hybridized carbons (Fsp3) is 0.280. The largest absolute Gasteiger partial charge is 0.489 e. The summed E-state index contributed by atoms with van der Waals surface area (Å²) in [5.74, 6) is 0.494. The van der Waals surface area contributed by atoms with Crippen LogP contribution >= 0.6 is 0 Å². The van der Waals surface area contributed by atoms with Gasteiger partial charge >= 0.3 is 5.97 Å². The number of piperazine rings is 1. The molecule has 4 rings (SSSR count). The minimum atomic E-state index is -0.935. The minimum absolute atomic E-state index is 0.261. The molecule has 3 aromatic rings. The zero-order valence-corrected chi connectivity index (χ0v) is 17.7. The topological polar surface area (TPSA) is 65.9 Å². The number of rotatable bonds is 7. The number of aryl methyl sites for hydroxylation is 1. The van der Waals surface area contributed by atoms with Gasteiger partial charge in [-0.15, -0.1) is 0 Å². The van der Waals surface area contributed by atoms with Crippen LogP contribution in [0.3, 0.4) is 0 Å². The normalized spacial score (nSPS) is 14.4. The van der Waals surface area contributed by atoms with Gasteiger partial charge in [0.05, 0.1) is 0 Å². The van der Waals surface area contributed by atoms with Gasteiger partial charge in [0.25, 0.3) is 0 Å². The minimum Gasteiger partial charge on any atom is -0.489 e. The molecular formula is C25H27N3O3. The molecular weight excluding hydrogens is 390 g/mol. The number of pyridine rings is 1. The molecule has 2 aromatic carbocycles. The van der Waals surface area contributed by atoms with Crippen molar-refractivity contribution in [3.05, 3.63) is 89.1 Å². The van der Waals surface area contributed by atoms with E-state index in [0.29, 0.717) is 12.4 Å². The fourth-order valence-corrected chi connectivity index (χ4v) is 3.82. The number of aromatic nitrogens is 1. The van der Waals surface area contributed by atoms with Gasteiger partial charge in [0.2, 0.25) is 0 Å². The summed E-state index contributed by atoms with van der Waals surface area (Å²) < 4.78 is 5.94. The third-order valence-electron chi connectivity index (χ3n) is 5.67. The molecule has 6 heteroatoms. The third-order valence-corrected chi connectivity index (χ3v) is 5.67. The van der Waals surface area contributed by atoms with Crippen LogP contribution in [0.25, 0.3) is 0 Å². The maximum Gasteiger partial charge on any atom is 0.339 e. The molecule has 1 N–H and O–H groups in total. The van der Waals surface area contributed by atoms with Crippen LogP contribution in [-0.4, -0.2) is 47.1 Å². The lowest BCUT2D eigenvalue weighted by Crippen LogP contribution is -2.46. The molecule has 6 nitrogen and oxygen atoms in total. The summed E-state index contributed by atoms with van der Waals surface area (Å²) in [5, 5.41) is 9.39. The first-order chi connectivity index (χ1) is 15.1. The highest BCUT2D eigenvalue weighted by Crippen LogP contribution is 2.21. The van der Waals surface area contributed by atoms with Crippen molar-refractivity contribution in [2.75, 3.05) is 31.1 Å². The number of hydrogen-bond donors (Lipinski definition) is 1. The Morgan fingerprint density at radius 1 is 1.00 bits per heavy atom. The average molecular weight is 418 g/mol. The standard InChI is InChI=1S/C25H27N3O3/c1-19-5-2-3-6-21(19)18-31-22-10-8-20(9-11-22)17-27-13-15-28(16-14-27)24-23(25(29)30)7-4-12-26-24/h2-12H,13-18H2,1H3,(H,29,30). The van der Waals surface area contributed by atoms with E-state index in [2.05, 4.69) is 46.0 Å². The van der Waals surface area contributed by atoms with Gasteiger partial charge in [0.15, 0.2) is 0 Å².